The van der Waals surface area contributed by atoms with Gasteiger partial charge in [0.15, 0.2) is 6.61 Å². The molecule has 0 aliphatic rings. The molecule has 0 saturated heterocycles. The minimum Gasteiger partial charge on any atom is -0.468 e. The third-order valence-electron chi connectivity index (χ3n) is 2.83. The minimum atomic E-state index is -4.50. The Morgan fingerprint density at radius 1 is 1.29 bits per heavy atom. The number of hydrogen-bond acceptors (Lipinski definition) is 3. The summed E-state index contributed by atoms with van der Waals surface area (Å²) >= 11 is 3.13. The number of amides is 1. The maximum Gasteiger partial charge on any atom is 0.422 e. The zero-order valence-corrected chi connectivity index (χ0v) is 13.6. The number of benzene rings is 1. The van der Waals surface area contributed by atoms with Crippen LogP contribution in [0, 0.1) is 5.82 Å². The zero-order chi connectivity index (χ0) is 17.7. The molecule has 128 valence electrons. The smallest absolute Gasteiger partial charge is 0.422 e. The van der Waals surface area contributed by atoms with E-state index in [9.17, 15) is 22.4 Å². The second kappa shape index (κ2) is 7.61. The van der Waals surface area contributed by atoms with Gasteiger partial charge in [0.25, 0.3) is 5.91 Å². The first-order valence-corrected chi connectivity index (χ1v) is 7.42. The van der Waals surface area contributed by atoms with Crippen LogP contribution in [0.1, 0.15) is 15.9 Å². The maximum absolute atomic E-state index is 13.2. The molecule has 1 aromatic carbocycles. The molecular formula is C15H11BrF4N2O2. The summed E-state index contributed by atoms with van der Waals surface area (Å²) in [6, 6.07) is 6.58. The predicted octanol–water partition coefficient (Wildman–Crippen LogP) is 3.85. The highest BCUT2D eigenvalue weighted by Crippen LogP contribution is 2.21. The molecule has 0 spiro atoms. The summed E-state index contributed by atoms with van der Waals surface area (Å²) in [4.78, 5) is 15.8. The largest absolute Gasteiger partial charge is 0.468 e. The third-order valence-corrected chi connectivity index (χ3v) is 3.53. The number of carbonyl (C=O) groups excluding carboxylic acids is 1. The summed E-state index contributed by atoms with van der Waals surface area (Å²) in [7, 11) is 0. The fourth-order valence-electron chi connectivity index (χ4n) is 1.78. The van der Waals surface area contributed by atoms with Gasteiger partial charge in [-0.1, -0.05) is 6.07 Å². The monoisotopic (exact) mass is 406 g/mol. The zero-order valence-electron chi connectivity index (χ0n) is 12.0. The molecule has 0 saturated carbocycles. The Morgan fingerprint density at radius 2 is 2.04 bits per heavy atom. The van der Waals surface area contributed by atoms with Gasteiger partial charge in [-0.25, -0.2) is 9.37 Å². The van der Waals surface area contributed by atoms with Crippen molar-refractivity contribution in [1.82, 2.24) is 10.3 Å². The average Bonchev–Trinajstić information content (AvgIpc) is 2.53. The van der Waals surface area contributed by atoms with Crippen molar-refractivity contribution in [2.24, 2.45) is 0 Å². The lowest BCUT2D eigenvalue weighted by atomic mass is 10.2. The second-order valence-electron chi connectivity index (χ2n) is 4.68. The van der Waals surface area contributed by atoms with E-state index in [1.807, 2.05) is 0 Å². The summed E-state index contributed by atoms with van der Waals surface area (Å²) < 4.78 is 54.9. The fraction of sp³-hybridized carbons (Fsp3) is 0.200. The van der Waals surface area contributed by atoms with Gasteiger partial charge in [-0.05, 0) is 40.2 Å². The number of aromatic nitrogens is 1. The molecule has 0 unspecified atom stereocenters. The van der Waals surface area contributed by atoms with Crippen LogP contribution in [-0.2, 0) is 6.54 Å². The highest BCUT2D eigenvalue weighted by molar-refractivity contribution is 9.10. The van der Waals surface area contributed by atoms with Gasteiger partial charge >= 0.3 is 6.18 Å². The predicted molar refractivity (Wildman–Crippen MR) is 81.1 cm³/mol. The van der Waals surface area contributed by atoms with Crippen molar-refractivity contribution in [3.63, 3.8) is 0 Å². The molecule has 4 nitrogen and oxygen atoms in total. The molecule has 0 aliphatic heterocycles. The molecule has 24 heavy (non-hydrogen) atoms. The Labute approximate surface area is 143 Å². The van der Waals surface area contributed by atoms with Gasteiger partial charge in [0.1, 0.15) is 5.82 Å². The van der Waals surface area contributed by atoms with Crippen molar-refractivity contribution in [3.8, 4) is 5.88 Å². The highest BCUT2D eigenvalue weighted by atomic mass is 79.9. The van der Waals surface area contributed by atoms with Crippen molar-refractivity contribution in [2.75, 3.05) is 6.61 Å². The lowest BCUT2D eigenvalue weighted by molar-refractivity contribution is -0.154. The van der Waals surface area contributed by atoms with Gasteiger partial charge in [0, 0.05) is 22.8 Å². The Hall–Kier alpha value is -2.16. The van der Waals surface area contributed by atoms with Crippen molar-refractivity contribution in [1.29, 1.82) is 0 Å². The molecule has 0 atom stereocenters. The molecule has 2 rings (SSSR count). The molecule has 1 aromatic heterocycles. The first kappa shape index (κ1) is 18.2. The standard InChI is InChI=1S/C15H11BrF4N2O2/c16-12-4-3-10(17)6-11(12)13(23)22-7-9-2-1-5-21-14(9)24-8-15(18,19)20/h1-6H,7-8H2,(H,22,23). The second-order valence-corrected chi connectivity index (χ2v) is 5.53. The Balaban J connectivity index is 2.06. The molecule has 9 heteroatoms. The molecule has 1 heterocycles. The van der Waals surface area contributed by atoms with E-state index in [0.717, 1.165) is 6.07 Å². The number of halogens is 5. The van der Waals surface area contributed by atoms with Gasteiger partial charge in [-0.15, -0.1) is 0 Å². The van der Waals surface area contributed by atoms with E-state index in [1.54, 1.807) is 0 Å². The topological polar surface area (TPSA) is 51.2 Å². The summed E-state index contributed by atoms with van der Waals surface area (Å²) in [6.07, 6.45) is -3.22. The van der Waals surface area contributed by atoms with E-state index in [4.69, 9.17) is 0 Å². The van der Waals surface area contributed by atoms with E-state index >= 15 is 0 Å². The quantitative estimate of drug-likeness (QED) is 0.767. The summed E-state index contributed by atoms with van der Waals surface area (Å²) in [5, 5.41) is 2.48. The molecule has 0 aliphatic carbocycles. The Morgan fingerprint density at radius 3 is 2.75 bits per heavy atom. The van der Waals surface area contributed by atoms with E-state index in [1.165, 1.54) is 30.5 Å². The van der Waals surface area contributed by atoms with Gasteiger partial charge in [0.05, 0.1) is 5.56 Å². The van der Waals surface area contributed by atoms with E-state index in [-0.39, 0.29) is 23.6 Å². The number of rotatable bonds is 5. The number of ether oxygens (including phenoxy) is 1. The van der Waals surface area contributed by atoms with E-state index in [0.29, 0.717) is 4.47 Å². The van der Waals surface area contributed by atoms with Crippen molar-refractivity contribution < 1.29 is 27.1 Å². The summed E-state index contributed by atoms with van der Waals surface area (Å²) in [5.41, 5.74) is 0.333. The SMILES string of the molecule is O=C(NCc1cccnc1OCC(F)(F)F)c1cc(F)ccc1Br. The van der Waals surface area contributed by atoms with Crippen LogP contribution in [0.3, 0.4) is 0 Å². The van der Waals surface area contributed by atoms with Crippen LogP contribution in [-0.4, -0.2) is 23.7 Å². The van der Waals surface area contributed by atoms with Crippen LogP contribution >= 0.6 is 15.9 Å². The number of pyridine rings is 1. The van der Waals surface area contributed by atoms with E-state index in [2.05, 4.69) is 31.0 Å². The lowest BCUT2D eigenvalue weighted by Crippen LogP contribution is -2.25. The highest BCUT2D eigenvalue weighted by Gasteiger charge is 2.29. The molecular weight excluding hydrogens is 396 g/mol. The van der Waals surface area contributed by atoms with Gasteiger partial charge in [0.2, 0.25) is 5.88 Å². The van der Waals surface area contributed by atoms with Gasteiger partial charge < -0.3 is 10.1 Å². The van der Waals surface area contributed by atoms with Crippen LogP contribution in [0.25, 0.3) is 0 Å². The minimum absolute atomic E-state index is 0.0663. The number of alkyl halides is 3. The number of nitrogens with one attached hydrogen (secondary N) is 1. The van der Waals surface area contributed by atoms with Crippen LogP contribution in [0.15, 0.2) is 41.0 Å². The average molecular weight is 407 g/mol. The normalized spacial score (nSPS) is 11.2. The Bertz CT molecular complexity index is 738. The first-order valence-electron chi connectivity index (χ1n) is 6.63. The van der Waals surface area contributed by atoms with Crippen molar-refractivity contribution in [2.45, 2.75) is 12.7 Å². The molecule has 1 N–H and O–H groups in total. The van der Waals surface area contributed by atoms with Crippen LogP contribution in [0.4, 0.5) is 17.6 Å². The number of carbonyl (C=O) groups is 1. The van der Waals surface area contributed by atoms with Crippen molar-refractivity contribution in [3.05, 3.63) is 57.9 Å². The lowest BCUT2D eigenvalue weighted by Gasteiger charge is -2.12. The van der Waals surface area contributed by atoms with Gasteiger partial charge in [-0.3, -0.25) is 4.79 Å². The van der Waals surface area contributed by atoms with Crippen molar-refractivity contribution >= 4 is 21.8 Å². The number of nitrogens with zero attached hydrogens (tertiary/aromatic N) is 1. The Kier molecular flexibility index (Phi) is 5.76. The molecule has 0 radical (unpaired) electrons. The molecule has 1 amide bonds. The van der Waals surface area contributed by atoms with E-state index < -0.39 is 24.5 Å². The third kappa shape index (κ3) is 5.19. The number of hydrogen-bond donors (Lipinski definition) is 1. The summed E-state index contributed by atoms with van der Waals surface area (Å²) in [6.45, 7) is -1.61. The molecule has 0 bridgehead atoms. The van der Waals surface area contributed by atoms with Crippen LogP contribution < -0.4 is 10.1 Å². The molecule has 2 aromatic rings. The maximum atomic E-state index is 13.2. The fourth-order valence-corrected chi connectivity index (χ4v) is 2.21. The van der Waals surface area contributed by atoms with Gasteiger partial charge in [-0.2, -0.15) is 13.2 Å². The van der Waals surface area contributed by atoms with Crippen LogP contribution in [0.2, 0.25) is 0 Å². The first-order chi connectivity index (χ1) is 11.3. The summed E-state index contributed by atoms with van der Waals surface area (Å²) in [5.74, 6) is -1.40. The van der Waals surface area contributed by atoms with Crippen LogP contribution in [0.5, 0.6) is 5.88 Å². The molecule has 0 fully saturated rings.